The fraction of sp³-hybridized carbons (Fsp3) is 0.444. The molecule has 1 unspecified atom stereocenters. The van der Waals surface area contributed by atoms with Crippen LogP contribution in [0.4, 0.5) is 4.79 Å². The van der Waals surface area contributed by atoms with E-state index in [1.165, 1.54) is 11.1 Å². The third kappa shape index (κ3) is 5.95. The number of carbonyl (C=O) groups is 3. The largest absolute Gasteiger partial charge is 0.480 e. The third-order valence-corrected chi connectivity index (χ3v) is 6.49. The van der Waals surface area contributed by atoms with E-state index in [9.17, 15) is 19.5 Å². The van der Waals surface area contributed by atoms with Crippen molar-refractivity contribution in [3.8, 4) is 11.1 Å². The Labute approximate surface area is 200 Å². The van der Waals surface area contributed by atoms with Crippen LogP contribution in [0.3, 0.4) is 0 Å². The maximum absolute atomic E-state index is 12.5. The van der Waals surface area contributed by atoms with E-state index in [0.29, 0.717) is 0 Å². The van der Waals surface area contributed by atoms with Crippen LogP contribution in [0, 0.1) is 17.8 Å². The molecule has 7 nitrogen and oxygen atoms in total. The number of hydrogen-bond acceptors (Lipinski definition) is 4. The van der Waals surface area contributed by atoms with Gasteiger partial charge in [-0.05, 0) is 40.0 Å². The number of amides is 2. The number of carbonyl (C=O) groups excluding carboxylic acids is 2. The van der Waals surface area contributed by atoms with Gasteiger partial charge in [-0.1, -0.05) is 76.2 Å². The highest BCUT2D eigenvalue weighted by Crippen LogP contribution is 2.44. The van der Waals surface area contributed by atoms with Crippen LogP contribution in [0.1, 0.15) is 51.2 Å². The summed E-state index contributed by atoms with van der Waals surface area (Å²) in [7, 11) is 0. The predicted octanol–water partition coefficient (Wildman–Crippen LogP) is 4.41. The van der Waals surface area contributed by atoms with Crippen LogP contribution < -0.4 is 10.6 Å². The molecule has 1 aliphatic rings. The topological polar surface area (TPSA) is 105 Å². The molecule has 2 aromatic carbocycles. The lowest BCUT2D eigenvalue weighted by Gasteiger charge is -2.23. The van der Waals surface area contributed by atoms with Crippen molar-refractivity contribution in [1.29, 1.82) is 0 Å². The van der Waals surface area contributed by atoms with E-state index in [0.717, 1.165) is 11.1 Å². The number of fused-ring (bicyclic) bond motifs is 3. The first-order chi connectivity index (χ1) is 16.2. The normalized spacial score (nSPS) is 14.3. The van der Waals surface area contributed by atoms with E-state index in [1.807, 2.05) is 38.1 Å². The van der Waals surface area contributed by atoms with Crippen molar-refractivity contribution in [1.82, 2.24) is 10.6 Å². The van der Waals surface area contributed by atoms with Crippen LogP contribution >= 0.6 is 0 Å². The Morgan fingerprint density at radius 2 is 1.47 bits per heavy atom. The Morgan fingerprint density at radius 1 is 0.912 bits per heavy atom. The molecule has 1 aliphatic carbocycles. The maximum atomic E-state index is 12.5. The van der Waals surface area contributed by atoms with Crippen LogP contribution in [0.25, 0.3) is 11.1 Å². The summed E-state index contributed by atoms with van der Waals surface area (Å²) < 4.78 is 5.57. The molecular weight excluding hydrogens is 432 g/mol. The van der Waals surface area contributed by atoms with E-state index in [-0.39, 0.29) is 49.2 Å². The minimum absolute atomic E-state index is 0.0196. The Morgan fingerprint density at radius 3 is 1.97 bits per heavy atom. The van der Waals surface area contributed by atoms with E-state index in [2.05, 4.69) is 34.9 Å². The molecule has 34 heavy (non-hydrogen) atoms. The molecular formula is C27H34N2O5. The standard InChI is InChI=1S/C27H34N2O5/c1-16(2)18(13-24(30)29-25(17(3)4)26(31)32)14-28-27(33)34-15-23-21-11-7-5-9-19(21)20-10-6-8-12-22(20)23/h5-12,16-18,23,25H,13-15H2,1-4H3,(H,28,33)(H,29,30)(H,31,32)/t18?,25-/m1/s1. The number of aliphatic carboxylic acids is 1. The first-order valence-corrected chi connectivity index (χ1v) is 11.8. The average molecular weight is 467 g/mol. The van der Waals surface area contributed by atoms with Gasteiger partial charge in [-0.25, -0.2) is 9.59 Å². The molecule has 3 N–H and O–H groups in total. The quantitative estimate of drug-likeness (QED) is 0.481. The summed E-state index contributed by atoms with van der Waals surface area (Å²) in [5, 5.41) is 14.7. The number of rotatable bonds is 10. The van der Waals surface area contributed by atoms with Crippen molar-refractivity contribution in [3.63, 3.8) is 0 Å². The van der Waals surface area contributed by atoms with Crippen LogP contribution in [0.2, 0.25) is 0 Å². The van der Waals surface area contributed by atoms with Crippen molar-refractivity contribution < 1.29 is 24.2 Å². The van der Waals surface area contributed by atoms with Crippen molar-refractivity contribution in [2.24, 2.45) is 17.8 Å². The lowest BCUT2D eigenvalue weighted by molar-refractivity contribution is -0.143. The molecule has 3 rings (SSSR count). The van der Waals surface area contributed by atoms with Crippen molar-refractivity contribution >= 4 is 18.0 Å². The van der Waals surface area contributed by atoms with E-state index >= 15 is 0 Å². The second kappa shape index (κ2) is 11.2. The summed E-state index contributed by atoms with van der Waals surface area (Å²) in [5.74, 6) is -1.67. The van der Waals surface area contributed by atoms with Crippen LogP contribution in [-0.4, -0.2) is 42.3 Å². The molecule has 0 heterocycles. The molecule has 0 aliphatic heterocycles. The monoisotopic (exact) mass is 466 g/mol. The Balaban J connectivity index is 1.54. The molecule has 0 fully saturated rings. The van der Waals surface area contributed by atoms with Gasteiger partial charge in [0.1, 0.15) is 12.6 Å². The number of carboxylic acids is 1. The first-order valence-electron chi connectivity index (χ1n) is 11.8. The fourth-order valence-corrected chi connectivity index (χ4v) is 4.39. The van der Waals surface area contributed by atoms with Crippen molar-refractivity contribution in [3.05, 3.63) is 59.7 Å². The molecule has 2 amide bonds. The molecule has 0 aromatic heterocycles. The number of hydrogen-bond donors (Lipinski definition) is 3. The third-order valence-electron chi connectivity index (χ3n) is 6.49. The zero-order valence-corrected chi connectivity index (χ0v) is 20.2. The van der Waals surface area contributed by atoms with E-state index in [1.54, 1.807) is 13.8 Å². The minimum Gasteiger partial charge on any atom is -0.480 e. The summed E-state index contributed by atoms with van der Waals surface area (Å²) in [6.45, 7) is 7.92. The van der Waals surface area contributed by atoms with Gasteiger partial charge in [0.15, 0.2) is 0 Å². The Kier molecular flexibility index (Phi) is 8.31. The number of nitrogens with one attached hydrogen (secondary N) is 2. The Bertz CT molecular complexity index is 988. The number of ether oxygens (including phenoxy) is 1. The van der Waals surface area contributed by atoms with Gasteiger partial charge in [0.25, 0.3) is 0 Å². The van der Waals surface area contributed by atoms with Crippen LogP contribution in [-0.2, 0) is 14.3 Å². The lowest BCUT2D eigenvalue weighted by Crippen LogP contribution is -2.45. The first kappa shape index (κ1) is 25.3. The van der Waals surface area contributed by atoms with Gasteiger partial charge in [0.05, 0.1) is 0 Å². The summed E-state index contributed by atoms with van der Waals surface area (Å²) in [5.41, 5.74) is 4.62. The van der Waals surface area contributed by atoms with Crippen molar-refractivity contribution in [2.45, 2.75) is 46.1 Å². The molecule has 0 spiro atoms. The summed E-state index contributed by atoms with van der Waals surface area (Å²) in [6.07, 6.45) is -0.406. The van der Waals surface area contributed by atoms with Gasteiger partial charge in [0.2, 0.25) is 5.91 Å². The van der Waals surface area contributed by atoms with Gasteiger partial charge in [-0.15, -0.1) is 0 Å². The fourth-order valence-electron chi connectivity index (χ4n) is 4.39. The molecule has 2 aromatic rings. The number of carboxylic acid groups (broad SMARTS) is 1. The minimum atomic E-state index is -1.05. The van der Waals surface area contributed by atoms with E-state index in [4.69, 9.17) is 4.74 Å². The van der Waals surface area contributed by atoms with Gasteiger partial charge < -0.3 is 20.5 Å². The highest BCUT2D eigenvalue weighted by molar-refractivity contribution is 5.84. The second-order valence-electron chi connectivity index (χ2n) is 9.54. The molecule has 182 valence electrons. The Hall–Kier alpha value is -3.35. The summed E-state index contributed by atoms with van der Waals surface area (Å²) in [6, 6.07) is 15.4. The predicted molar refractivity (Wildman–Crippen MR) is 130 cm³/mol. The maximum Gasteiger partial charge on any atom is 0.407 e. The second-order valence-corrected chi connectivity index (χ2v) is 9.54. The van der Waals surface area contributed by atoms with Crippen molar-refractivity contribution in [2.75, 3.05) is 13.2 Å². The molecule has 0 saturated heterocycles. The zero-order chi connectivity index (χ0) is 24.8. The number of alkyl carbamates (subject to hydrolysis) is 1. The van der Waals surface area contributed by atoms with E-state index < -0.39 is 18.1 Å². The van der Waals surface area contributed by atoms with Crippen LogP contribution in [0.5, 0.6) is 0 Å². The highest BCUT2D eigenvalue weighted by atomic mass is 16.5. The van der Waals surface area contributed by atoms with Gasteiger partial charge >= 0.3 is 12.1 Å². The highest BCUT2D eigenvalue weighted by Gasteiger charge is 2.29. The smallest absolute Gasteiger partial charge is 0.407 e. The lowest BCUT2D eigenvalue weighted by atomic mass is 9.91. The average Bonchev–Trinajstić information content (AvgIpc) is 3.12. The summed E-state index contributed by atoms with van der Waals surface area (Å²) in [4.78, 5) is 36.3. The molecule has 0 saturated carbocycles. The van der Waals surface area contributed by atoms with Gasteiger partial charge in [-0.2, -0.15) is 0 Å². The molecule has 0 bridgehead atoms. The van der Waals surface area contributed by atoms with Gasteiger partial charge in [0, 0.05) is 18.9 Å². The van der Waals surface area contributed by atoms with Gasteiger partial charge in [-0.3, -0.25) is 4.79 Å². The SMILES string of the molecule is CC(C)C(CNC(=O)OCC1c2ccccc2-c2ccccc21)CC(=O)N[C@@H](C(=O)O)C(C)C. The zero-order valence-electron chi connectivity index (χ0n) is 20.2. The summed E-state index contributed by atoms with van der Waals surface area (Å²) >= 11 is 0. The molecule has 2 atom stereocenters. The molecule has 7 heteroatoms. The number of benzene rings is 2. The molecule has 0 radical (unpaired) electrons. The van der Waals surface area contributed by atoms with Crippen LogP contribution in [0.15, 0.2) is 48.5 Å².